The van der Waals surface area contributed by atoms with E-state index in [2.05, 4.69) is 54.1 Å². The molecule has 1 fully saturated rings. The Bertz CT molecular complexity index is 2420. The van der Waals surface area contributed by atoms with Gasteiger partial charge >= 0.3 is 0 Å². The van der Waals surface area contributed by atoms with Crippen LogP contribution in [0, 0.1) is 10.1 Å². The molecule has 1 aliphatic heterocycles. The van der Waals surface area contributed by atoms with Crippen molar-refractivity contribution in [2.24, 2.45) is 5.73 Å². The summed E-state index contributed by atoms with van der Waals surface area (Å²) in [6, 6.07) is 35.5. The van der Waals surface area contributed by atoms with Crippen LogP contribution in [-0.4, -0.2) is 72.7 Å². The van der Waals surface area contributed by atoms with E-state index in [1.54, 1.807) is 17.8 Å². The summed E-state index contributed by atoms with van der Waals surface area (Å²) >= 11 is 7.74. The predicted molar refractivity (Wildman–Crippen MR) is 226 cm³/mol. The van der Waals surface area contributed by atoms with Crippen LogP contribution in [0.3, 0.4) is 0 Å². The lowest BCUT2D eigenvalue weighted by molar-refractivity contribution is -0.384. The van der Waals surface area contributed by atoms with Crippen molar-refractivity contribution in [3.63, 3.8) is 0 Å². The SMILES string of the molecule is NCC[C@H](CSc1ccccc1)Nc1ccc(S(=O)(=O)Nc2ncnc3cc(N4CCN(Cc5ccccc5-c5ccc(Cl)cc5)CC4)ccc23)cc1[N+](=O)[O-]. The van der Waals surface area contributed by atoms with Crippen molar-refractivity contribution in [1.29, 1.82) is 0 Å². The zero-order valence-electron chi connectivity index (χ0n) is 30.4. The molecule has 0 bridgehead atoms. The van der Waals surface area contributed by atoms with E-state index < -0.39 is 14.9 Å². The molecule has 1 atom stereocenters. The normalized spacial score (nSPS) is 14.1. The molecular weight excluding hydrogens is 768 g/mol. The van der Waals surface area contributed by atoms with E-state index in [1.807, 2.05) is 66.7 Å². The van der Waals surface area contributed by atoms with Crippen molar-refractivity contribution in [2.45, 2.75) is 28.8 Å². The molecule has 0 amide bonds. The largest absolute Gasteiger partial charge is 0.376 e. The molecule has 288 valence electrons. The van der Waals surface area contributed by atoms with Gasteiger partial charge in [-0.1, -0.05) is 66.2 Å². The molecule has 0 unspecified atom stereocenters. The fourth-order valence-corrected chi connectivity index (χ4v) is 8.94. The Morgan fingerprint density at radius 3 is 2.39 bits per heavy atom. The van der Waals surface area contributed by atoms with Crippen LogP contribution < -0.4 is 20.7 Å². The minimum Gasteiger partial charge on any atom is -0.376 e. The van der Waals surface area contributed by atoms with Gasteiger partial charge in [0, 0.05) is 71.6 Å². The Morgan fingerprint density at radius 1 is 0.893 bits per heavy atom. The number of anilines is 3. The fourth-order valence-electron chi connectivity index (χ4n) is 6.77. The van der Waals surface area contributed by atoms with Gasteiger partial charge in [-0.05, 0) is 84.3 Å². The number of benzene rings is 5. The molecule has 56 heavy (non-hydrogen) atoms. The van der Waals surface area contributed by atoms with Crippen LogP contribution in [0.2, 0.25) is 5.02 Å². The van der Waals surface area contributed by atoms with E-state index in [0.717, 1.165) is 54.9 Å². The first-order valence-corrected chi connectivity index (χ1v) is 21.0. The van der Waals surface area contributed by atoms with E-state index in [-0.39, 0.29) is 28.1 Å². The number of rotatable bonds is 15. The summed E-state index contributed by atoms with van der Waals surface area (Å²) in [6.45, 7) is 4.55. The second-order valence-corrected chi connectivity index (χ2v) is 16.6. The smallest absolute Gasteiger partial charge is 0.293 e. The second-order valence-electron chi connectivity index (χ2n) is 13.4. The first kappa shape index (κ1) is 39.0. The van der Waals surface area contributed by atoms with E-state index in [1.165, 1.54) is 29.6 Å². The monoisotopic (exact) mass is 808 g/mol. The first-order chi connectivity index (χ1) is 27.2. The fraction of sp³-hybridized carbons (Fsp3) is 0.220. The number of nitro benzene ring substituents is 1. The van der Waals surface area contributed by atoms with Crippen LogP contribution in [0.5, 0.6) is 0 Å². The Morgan fingerprint density at radius 2 is 1.64 bits per heavy atom. The minimum atomic E-state index is -4.27. The molecule has 0 radical (unpaired) electrons. The van der Waals surface area contributed by atoms with Gasteiger partial charge in [-0.15, -0.1) is 11.8 Å². The van der Waals surface area contributed by atoms with Gasteiger partial charge < -0.3 is 16.0 Å². The van der Waals surface area contributed by atoms with Crippen molar-refractivity contribution in [3.8, 4) is 11.1 Å². The number of nitrogens with one attached hydrogen (secondary N) is 2. The summed E-state index contributed by atoms with van der Waals surface area (Å²) in [5.74, 6) is 0.691. The topological polar surface area (TPSA) is 160 Å². The van der Waals surface area contributed by atoms with Crippen LogP contribution in [0.4, 0.5) is 22.9 Å². The first-order valence-electron chi connectivity index (χ1n) is 18.2. The van der Waals surface area contributed by atoms with Gasteiger partial charge in [0.25, 0.3) is 15.7 Å². The number of nitrogens with zero attached hydrogens (tertiary/aromatic N) is 5. The van der Waals surface area contributed by atoms with E-state index >= 15 is 0 Å². The van der Waals surface area contributed by atoms with Gasteiger partial charge in [0.2, 0.25) is 0 Å². The van der Waals surface area contributed by atoms with Crippen LogP contribution in [0.1, 0.15) is 12.0 Å². The minimum absolute atomic E-state index is 0.0801. The lowest BCUT2D eigenvalue weighted by Gasteiger charge is -2.36. The Labute approximate surface area is 335 Å². The molecule has 1 aliphatic rings. The molecule has 2 heterocycles. The average Bonchev–Trinajstić information content (AvgIpc) is 3.21. The molecule has 7 rings (SSSR count). The molecule has 0 saturated carbocycles. The zero-order valence-corrected chi connectivity index (χ0v) is 32.8. The van der Waals surface area contributed by atoms with Crippen LogP contribution in [-0.2, 0) is 16.6 Å². The van der Waals surface area contributed by atoms with Crippen molar-refractivity contribution in [3.05, 3.63) is 142 Å². The Hall–Kier alpha value is -5.25. The third-order valence-corrected chi connectivity index (χ3v) is 12.5. The zero-order chi connectivity index (χ0) is 39.1. The Balaban J connectivity index is 1.02. The molecule has 1 aromatic heterocycles. The Kier molecular flexibility index (Phi) is 12.3. The molecule has 6 aromatic rings. The number of nitrogens with two attached hydrogens (primary N) is 1. The van der Waals surface area contributed by atoms with Gasteiger partial charge in [-0.25, -0.2) is 18.4 Å². The summed E-state index contributed by atoms with van der Waals surface area (Å²) in [7, 11) is -4.27. The molecule has 1 saturated heterocycles. The van der Waals surface area contributed by atoms with Gasteiger partial charge in [-0.3, -0.25) is 19.7 Å². The number of thioether (sulfide) groups is 1. The van der Waals surface area contributed by atoms with Crippen molar-refractivity contribution in [1.82, 2.24) is 14.9 Å². The summed E-state index contributed by atoms with van der Waals surface area (Å²) in [4.78, 5) is 25.8. The van der Waals surface area contributed by atoms with E-state index in [0.29, 0.717) is 34.6 Å². The maximum absolute atomic E-state index is 13.7. The third-order valence-electron chi connectivity index (χ3n) is 9.70. The number of hydrogen-bond donors (Lipinski definition) is 3. The third kappa shape index (κ3) is 9.40. The maximum atomic E-state index is 13.7. The molecule has 12 nitrogen and oxygen atoms in total. The van der Waals surface area contributed by atoms with Crippen LogP contribution in [0.15, 0.2) is 131 Å². The van der Waals surface area contributed by atoms with Crippen LogP contribution in [0.25, 0.3) is 22.0 Å². The van der Waals surface area contributed by atoms with Gasteiger partial charge in [0.05, 0.1) is 15.3 Å². The molecule has 0 aliphatic carbocycles. The summed E-state index contributed by atoms with van der Waals surface area (Å²) in [5.41, 5.74) is 10.8. The van der Waals surface area contributed by atoms with Crippen LogP contribution >= 0.6 is 23.4 Å². The number of halogens is 1. The van der Waals surface area contributed by atoms with E-state index in [4.69, 9.17) is 17.3 Å². The molecule has 15 heteroatoms. The highest BCUT2D eigenvalue weighted by Gasteiger charge is 2.25. The quantitative estimate of drug-likeness (QED) is 0.0526. The lowest BCUT2D eigenvalue weighted by atomic mass is 9.99. The number of hydrogen-bond acceptors (Lipinski definition) is 11. The molecular formula is C41H41ClN8O4S2. The standard InChI is InChI=1S/C41H41ClN8O4S2/c42-31-12-10-29(11-13-31)36-9-5-4-6-30(36)26-48-20-22-49(23-21-48)33-14-16-37-39(24-33)44-28-45-41(37)47-56(53,54)35-15-17-38(40(25-35)50(51)52)46-32(18-19-43)27-55-34-7-2-1-3-8-34/h1-17,24-25,28,32,46H,18-23,26-27,43H2,(H,44,45,47)/t32-/m1/s1. The number of fused-ring (bicyclic) bond motifs is 1. The molecule has 0 spiro atoms. The predicted octanol–water partition coefficient (Wildman–Crippen LogP) is 7.90. The highest BCUT2D eigenvalue weighted by molar-refractivity contribution is 7.99. The molecule has 5 aromatic carbocycles. The number of sulfonamides is 1. The number of nitro groups is 1. The lowest BCUT2D eigenvalue weighted by Crippen LogP contribution is -2.46. The number of aromatic nitrogens is 2. The van der Waals surface area contributed by atoms with Gasteiger partial charge in [-0.2, -0.15) is 0 Å². The average molecular weight is 809 g/mol. The van der Waals surface area contributed by atoms with Gasteiger partial charge in [0.15, 0.2) is 5.82 Å². The maximum Gasteiger partial charge on any atom is 0.293 e. The van der Waals surface area contributed by atoms with E-state index in [9.17, 15) is 18.5 Å². The molecule has 4 N–H and O–H groups in total. The summed E-state index contributed by atoms with van der Waals surface area (Å²) in [5, 5.41) is 16.6. The second kappa shape index (κ2) is 17.7. The van der Waals surface area contributed by atoms with Gasteiger partial charge in [0.1, 0.15) is 12.0 Å². The van der Waals surface area contributed by atoms with Crippen molar-refractivity contribution >= 4 is 67.2 Å². The summed E-state index contributed by atoms with van der Waals surface area (Å²) in [6.07, 6.45) is 1.87. The van der Waals surface area contributed by atoms with Crippen molar-refractivity contribution < 1.29 is 13.3 Å². The van der Waals surface area contributed by atoms with Crippen molar-refractivity contribution in [2.75, 3.05) is 53.4 Å². The highest BCUT2D eigenvalue weighted by atomic mass is 35.5. The highest BCUT2D eigenvalue weighted by Crippen LogP contribution is 2.33. The number of piperazine rings is 1. The summed E-state index contributed by atoms with van der Waals surface area (Å²) < 4.78 is 29.8.